The summed E-state index contributed by atoms with van der Waals surface area (Å²) in [6, 6.07) is 0. The van der Waals surface area contributed by atoms with Gasteiger partial charge in [-0.05, 0) is 49.9 Å². The van der Waals surface area contributed by atoms with E-state index in [9.17, 15) is 4.79 Å². The van der Waals surface area contributed by atoms with Crippen molar-refractivity contribution in [1.82, 2.24) is 0 Å². The second kappa shape index (κ2) is 14.6. The second-order valence-electron chi connectivity index (χ2n) is 10.0. The molecule has 0 aromatic rings. The molecule has 2 fully saturated rings. The topological polar surface area (TPSA) is 17.1 Å². The van der Waals surface area contributed by atoms with Crippen LogP contribution in [-0.4, -0.2) is 6.29 Å². The molecule has 0 bridgehead atoms. The Kier molecular flexibility index (Phi) is 12.4. The van der Waals surface area contributed by atoms with Crippen molar-refractivity contribution in [1.29, 1.82) is 0 Å². The highest BCUT2D eigenvalue weighted by Gasteiger charge is 2.21. The van der Waals surface area contributed by atoms with Gasteiger partial charge in [0.15, 0.2) is 0 Å². The van der Waals surface area contributed by atoms with Crippen LogP contribution in [0.15, 0.2) is 0 Å². The zero-order valence-electron chi connectivity index (χ0n) is 18.4. The molecule has 2 saturated carbocycles. The van der Waals surface area contributed by atoms with E-state index in [4.69, 9.17) is 0 Å². The molecule has 2 unspecified atom stereocenters. The van der Waals surface area contributed by atoms with Crippen molar-refractivity contribution in [3.8, 4) is 0 Å². The van der Waals surface area contributed by atoms with E-state index in [1.807, 2.05) is 0 Å². The number of hydrogen-bond donors (Lipinski definition) is 0. The number of unbranched alkanes of at least 4 members (excludes halogenated alkanes) is 7. The average Bonchev–Trinajstić information content (AvgIpc) is 2.70. The molecule has 2 aliphatic rings. The van der Waals surface area contributed by atoms with Crippen molar-refractivity contribution in [3.63, 3.8) is 0 Å². The van der Waals surface area contributed by atoms with Gasteiger partial charge in [0.25, 0.3) is 0 Å². The largest absolute Gasteiger partial charge is 0.303 e. The van der Waals surface area contributed by atoms with Crippen LogP contribution in [0.3, 0.4) is 0 Å². The standard InChI is InChI=1S/C26H48O/c1-2-12-24-15-11-16-25(21-24)14-10-8-6-4-3-5-7-9-13-23-17-19-26(22-27)20-18-23/h22-26H,2-21H2,1H3. The molecule has 0 aliphatic heterocycles. The van der Waals surface area contributed by atoms with Crippen LogP contribution in [0.25, 0.3) is 0 Å². The molecule has 0 N–H and O–H groups in total. The van der Waals surface area contributed by atoms with E-state index in [2.05, 4.69) is 6.92 Å². The van der Waals surface area contributed by atoms with Crippen molar-refractivity contribution in [2.75, 3.05) is 0 Å². The minimum absolute atomic E-state index is 0.386. The summed E-state index contributed by atoms with van der Waals surface area (Å²) in [5.41, 5.74) is 0. The molecule has 0 aromatic carbocycles. The van der Waals surface area contributed by atoms with E-state index in [-0.39, 0.29) is 0 Å². The monoisotopic (exact) mass is 376 g/mol. The first kappa shape index (κ1) is 23.0. The highest BCUT2D eigenvalue weighted by atomic mass is 16.1. The van der Waals surface area contributed by atoms with E-state index < -0.39 is 0 Å². The van der Waals surface area contributed by atoms with Gasteiger partial charge in [0, 0.05) is 5.92 Å². The van der Waals surface area contributed by atoms with Crippen LogP contribution >= 0.6 is 0 Å². The summed E-state index contributed by atoms with van der Waals surface area (Å²) in [6.07, 6.45) is 29.7. The van der Waals surface area contributed by atoms with Gasteiger partial charge in [-0.2, -0.15) is 0 Å². The van der Waals surface area contributed by atoms with E-state index in [1.165, 1.54) is 115 Å². The Balaban J connectivity index is 1.33. The van der Waals surface area contributed by atoms with Gasteiger partial charge in [-0.1, -0.05) is 103 Å². The third-order valence-corrected chi connectivity index (χ3v) is 7.65. The summed E-state index contributed by atoms with van der Waals surface area (Å²) in [5.74, 6) is 3.45. The van der Waals surface area contributed by atoms with E-state index in [1.54, 1.807) is 6.42 Å². The number of carbonyl (C=O) groups is 1. The van der Waals surface area contributed by atoms with Crippen LogP contribution in [0.4, 0.5) is 0 Å². The summed E-state index contributed by atoms with van der Waals surface area (Å²) in [7, 11) is 0. The molecular formula is C26H48O. The summed E-state index contributed by atoms with van der Waals surface area (Å²) >= 11 is 0. The zero-order valence-corrected chi connectivity index (χ0v) is 18.4. The molecule has 2 aliphatic carbocycles. The first-order valence-corrected chi connectivity index (χ1v) is 12.8. The lowest BCUT2D eigenvalue weighted by atomic mass is 9.77. The molecule has 0 amide bonds. The van der Waals surface area contributed by atoms with Gasteiger partial charge in [0.2, 0.25) is 0 Å². The van der Waals surface area contributed by atoms with E-state index >= 15 is 0 Å². The predicted molar refractivity (Wildman–Crippen MR) is 118 cm³/mol. The third kappa shape index (κ3) is 10.1. The van der Waals surface area contributed by atoms with Crippen LogP contribution in [0.1, 0.15) is 135 Å². The Bertz CT molecular complexity index is 353. The SMILES string of the molecule is CCCC1CCCC(CCCCCCCCCCC2CCC(C=O)CC2)C1. The fraction of sp³-hybridized carbons (Fsp3) is 0.962. The number of carbonyl (C=O) groups excluding carboxylic acids is 1. The first-order chi connectivity index (χ1) is 13.3. The van der Waals surface area contributed by atoms with Crippen LogP contribution < -0.4 is 0 Å². The van der Waals surface area contributed by atoms with E-state index in [0.717, 1.165) is 30.6 Å². The molecule has 0 spiro atoms. The molecule has 0 heterocycles. The molecule has 1 heteroatoms. The van der Waals surface area contributed by atoms with Crippen molar-refractivity contribution in [2.24, 2.45) is 23.7 Å². The Labute approximate surface area is 170 Å². The normalized spacial score (nSPS) is 28.9. The summed E-state index contributed by atoms with van der Waals surface area (Å²) in [6.45, 7) is 2.35. The predicted octanol–water partition coefficient (Wildman–Crippen LogP) is 8.50. The Hall–Kier alpha value is -0.330. The average molecular weight is 377 g/mol. The fourth-order valence-electron chi connectivity index (χ4n) is 5.87. The number of hydrogen-bond acceptors (Lipinski definition) is 1. The molecule has 27 heavy (non-hydrogen) atoms. The van der Waals surface area contributed by atoms with Gasteiger partial charge in [-0.3, -0.25) is 0 Å². The molecule has 0 radical (unpaired) electrons. The lowest BCUT2D eigenvalue weighted by molar-refractivity contribution is -0.112. The van der Waals surface area contributed by atoms with Crippen LogP contribution in [0.2, 0.25) is 0 Å². The van der Waals surface area contributed by atoms with E-state index in [0.29, 0.717) is 5.92 Å². The van der Waals surface area contributed by atoms with Gasteiger partial charge in [-0.25, -0.2) is 0 Å². The maximum atomic E-state index is 10.8. The Morgan fingerprint density at radius 2 is 1.15 bits per heavy atom. The molecule has 1 nitrogen and oxygen atoms in total. The van der Waals surface area contributed by atoms with Gasteiger partial charge in [0.05, 0.1) is 0 Å². The number of rotatable bonds is 14. The Morgan fingerprint density at radius 3 is 1.70 bits per heavy atom. The lowest BCUT2D eigenvalue weighted by Gasteiger charge is -2.29. The van der Waals surface area contributed by atoms with Gasteiger partial charge in [-0.15, -0.1) is 0 Å². The quantitative estimate of drug-likeness (QED) is 0.219. The van der Waals surface area contributed by atoms with Crippen LogP contribution in [0, 0.1) is 23.7 Å². The summed E-state index contributed by atoms with van der Waals surface area (Å²) < 4.78 is 0. The number of aldehydes is 1. The maximum Gasteiger partial charge on any atom is 0.123 e. The molecule has 0 saturated heterocycles. The third-order valence-electron chi connectivity index (χ3n) is 7.65. The van der Waals surface area contributed by atoms with Crippen molar-refractivity contribution in [2.45, 2.75) is 135 Å². The first-order valence-electron chi connectivity index (χ1n) is 12.8. The van der Waals surface area contributed by atoms with Crippen molar-refractivity contribution >= 4 is 6.29 Å². The van der Waals surface area contributed by atoms with Crippen LogP contribution in [-0.2, 0) is 4.79 Å². The molecule has 2 atom stereocenters. The smallest absolute Gasteiger partial charge is 0.123 e. The van der Waals surface area contributed by atoms with Gasteiger partial charge >= 0.3 is 0 Å². The van der Waals surface area contributed by atoms with Crippen LogP contribution in [0.5, 0.6) is 0 Å². The van der Waals surface area contributed by atoms with Gasteiger partial charge < -0.3 is 4.79 Å². The highest BCUT2D eigenvalue weighted by molar-refractivity contribution is 5.53. The zero-order chi connectivity index (χ0) is 19.2. The minimum atomic E-state index is 0.386. The van der Waals surface area contributed by atoms with Crippen molar-refractivity contribution in [3.05, 3.63) is 0 Å². The fourth-order valence-corrected chi connectivity index (χ4v) is 5.87. The maximum absolute atomic E-state index is 10.8. The molecular weight excluding hydrogens is 328 g/mol. The minimum Gasteiger partial charge on any atom is -0.303 e. The molecule has 158 valence electrons. The molecule has 0 aromatic heterocycles. The Morgan fingerprint density at radius 1 is 0.630 bits per heavy atom. The molecule has 2 rings (SSSR count). The second-order valence-corrected chi connectivity index (χ2v) is 10.0. The van der Waals surface area contributed by atoms with Crippen molar-refractivity contribution < 1.29 is 4.79 Å². The summed E-state index contributed by atoms with van der Waals surface area (Å²) in [5, 5.41) is 0. The lowest BCUT2D eigenvalue weighted by Crippen LogP contribution is -2.15. The van der Waals surface area contributed by atoms with Gasteiger partial charge in [0.1, 0.15) is 6.29 Å². The highest BCUT2D eigenvalue weighted by Crippen LogP contribution is 2.35. The summed E-state index contributed by atoms with van der Waals surface area (Å²) in [4.78, 5) is 10.8.